The van der Waals surface area contributed by atoms with Crippen molar-refractivity contribution in [3.63, 3.8) is 0 Å². The molecule has 2 heterocycles. The lowest BCUT2D eigenvalue weighted by Gasteiger charge is -2.01. The molecule has 0 aliphatic rings. The molecule has 2 N–H and O–H groups in total. The van der Waals surface area contributed by atoms with Crippen LogP contribution in [0.25, 0.3) is 0 Å². The molecule has 2 aromatic heterocycles. The lowest BCUT2D eigenvalue weighted by molar-refractivity contribution is 0.0694. The molecular formula is C14H15NO5. The van der Waals surface area contributed by atoms with Crippen LogP contribution in [0.5, 0.6) is 0 Å². The molecule has 2 aromatic rings. The molecule has 1 amide bonds. The molecule has 0 aliphatic heterocycles. The molecule has 0 fully saturated rings. The van der Waals surface area contributed by atoms with Gasteiger partial charge in [-0.3, -0.25) is 4.79 Å². The van der Waals surface area contributed by atoms with E-state index in [0.29, 0.717) is 25.1 Å². The highest BCUT2D eigenvalue weighted by Gasteiger charge is 2.19. The average molecular weight is 277 g/mol. The number of carbonyl (C=O) groups is 2. The van der Waals surface area contributed by atoms with E-state index in [2.05, 4.69) is 5.32 Å². The van der Waals surface area contributed by atoms with Crippen LogP contribution >= 0.6 is 0 Å². The first-order chi connectivity index (χ1) is 9.61. The molecule has 2 rings (SSSR count). The summed E-state index contributed by atoms with van der Waals surface area (Å²) in [5, 5.41) is 11.6. The number of carbonyl (C=O) groups excluding carboxylic acids is 1. The third kappa shape index (κ3) is 3.09. The largest absolute Gasteiger partial charge is 0.478 e. The molecular weight excluding hydrogens is 262 g/mol. The van der Waals surface area contributed by atoms with Crippen LogP contribution in [0, 0.1) is 0 Å². The molecule has 0 bridgehead atoms. The first kappa shape index (κ1) is 13.9. The number of hydrogen-bond acceptors (Lipinski definition) is 4. The fourth-order valence-electron chi connectivity index (χ4n) is 1.83. The molecule has 0 radical (unpaired) electrons. The number of aryl methyl sites for hydroxylation is 1. The van der Waals surface area contributed by atoms with Gasteiger partial charge in [0.25, 0.3) is 5.91 Å². The van der Waals surface area contributed by atoms with E-state index in [0.717, 1.165) is 5.76 Å². The summed E-state index contributed by atoms with van der Waals surface area (Å²) in [5.74, 6) is -0.448. The number of nitrogens with one attached hydrogen (secondary N) is 1. The second-order valence-electron chi connectivity index (χ2n) is 4.19. The second kappa shape index (κ2) is 6.10. The van der Waals surface area contributed by atoms with E-state index < -0.39 is 11.9 Å². The smallest absolute Gasteiger partial charge is 0.339 e. The zero-order valence-electron chi connectivity index (χ0n) is 11.0. The quantitative estimate of drug-likeness (QED) is 0.843. The molecule has 0 aliphatic carbocycles. The molecule has 0 saturated heterocycles. The third-order valence-electron chi connectivity index (χ3n) is 2.82. The van der Waals surface area contributed by atoms with Gasteiger partial charge in [0, 0.05) is 25.5 Å². The Kier molecular flexibility index (Phi) is 4.24. The fourth-order valence-corrected chi connectivity index (χ4v) is 1.83. The fraction of sp³-hybridized carbons (Fsp3) is 0.286. The zero-order chi connectivity index (χ0) is 14.5. The minimum Gasteiger partial charge on any atom is -0.478 e. The zero-order valence-corrected chi connectivity index (χ0v) is 11.0. The predicted octanol–water partition coefficient (Wildman–Crippen LogP) is 2.11. The van der Waals surface area contributed by atoms with E-state index in [1.54, 1.807) is 19.3 Å². The van der Waals surface area contributed by atoms with Gasteiger partial charge in [0.05, 0.1) is 6.26 Å². The molecule has 6 heteroatoms. The molecule has 0 spiro atoms. The van der Waals surface area contributed by atoms with Crippen molar-refractivity contribution < 1.29 is 23.5 Å². The number of rotatable bonds is 6. The minimum atomic E-state index is -1.10. The summed E-state index contributed by atoms with van der Waals surface area (Å²) < 4.78 is 10.4. The van der Waals surface area contributed by atoms with Gasteiger partial charge in [-0.1, -0.05) is 6.92 Å². The monoisotopic (exact) mass is 277 g/mol. The molecule has 0 unspecified atom stereocenters. The van der Waals surface area contributed by atoms with Crippen molar-refractivity contribution in [1.29, 1.82) is 0 Å². The van der Waals surface area contributed by atoms with Crippen molar-refractivity contribution in [2.45, 2.75) is 19.8 Å². The van der Waals surface area contributed by atoms with Gasteiger partial charge in [-0.05, 0) is 12.1 Å². The maximum atomic E-state index is 11.8. The lowest BCUT2D eigenvalue weighted by atomic mass is 10.2. The van der Waals surface area contributed by atoms with E-state index in [4.69, 9.17) is 13.9 Å². The van der Waals surface area contributed by atoms with Gasteiger partial charge >= 0.3 is 5.97 Å². The average Bonchev–Trinajstić information content (AvgIpc) is 3.07. The van der Waals surface area contributed by atoms with E-state index in [1.807, 2.05) is 6.07 Å². The molecule has 20 heavy (non-hydrogen) atoms. The normalized spacial score (nSPS) is 10.4. The Hall–Kier alpha value is -2.50. The summed E-state index contributed by atoms with van der Waals surface area (Å²) in [6.07, 6.45) is 2.55. The van der Waals surface area contributed by atoms with Gasteiger partial charge in [-0.15, -0.1) is 0 Å². The minimum absolute atomic E-state index is 0.0127. The number of hydrogen-bond donors (Lipinski definition) is 2. The van der Waals surface area contributed by atoms with Crippen molar-refractivity contribution in [2.24, 2.45) is 0 Å². The highest BCUT2D eigenvalue weighted by molar-refractivity contribution is 5.96. The summed E-state index contributed by atoms with van der Waals surface area (Å²) in [4.78, 5) is 22.8. The standard InChI is InChI=1S/C14H15NO5/c1-2-11-10(14(17)18)8-12(20-11)13(16)15-6-5-9-4-3-7-19-9/h3-4,7-8H,2,5-6H2,1H3,(H,15,16)(H,17,18). The lowest BCUT2D eigenvalue weighted by Crippen LogP contribution is -2.25. The predicted molar refractivity (Wildman–Crippen MR) is 69.8 cm³/mol. The van der Waals surface area contributed by atoms with E-state index >= 15 is 0 Å². The Morgan fingerprint density at radius 2 is 2.20 bits per heavy atom. The van der Waals surface area contributed by atoms with Gasteiger partial charge in [-0.2, -0.15) is 0 Å². The van der Waals surface area contributed by atoms with E-state index in [-0.39, 0.29) is 11.3 Å². The first-order valence-corrected chi connectivity index (χ1v) is 6.28. The van der Waals surface area contributed by atoms with Crippen molar-refractivity contribution in [3.05, 3.63) is 47.3 Å². The van der Waals surface area contributed by atoms with Crippen LogP contribution in [0.3, 0.4) is 0 Å². The number of carboxylic acid groups (broad SMARTS) is 1. The Labute approximate surface area is 115 Å². The number of amides is 1. The molecule has 106 valence electrons. The van der Waals surface area contributed by atoms with Gasteiger partial charge < -0.3 is 19.3 Å². The van der Waals surface area contributed by atoms with Gasteiger partial charge in [-0.25, -0.2) is 4.79 Å². The van der Waals surface area contributed by atoms with Crippen molar-refractivity contribution in [2.75, 3.05) is 6.54 Å². The van der Waals surface area contributed by atoms with Crippen LogP contribution < -0.4 is 5.32 Å². The Balaban J connectivity index is 1.97. The van der Waals surface area contributed by atoms with Gasteiger partial charge in [0.1, 0.15) is 17.1 Å². The SMILES string of the molecule is CCc1oc(C(=O)NCCc2ccco2)cc1C(=O)O. The molecule has 6 nitrogen and oxygen atoms in total. The van der Waals surface area contributed by atoms with Crippen LogP contribution in [0.2, 0.25) is 0 Å². The Morgan fingerprint density at radius 3 is 2.75 bits per heavy atom. The summed E-state index contributed by atoms with van der Waals surface area (Å²) in [6.45, 7) is 2.15. The van der Waals surface area contributed by atoms with Crippen LogP contribution in [0.1, 0.15) is 39.4 Å². The molecule has 0 saturated carbocycles. The van der Waals surface area contributed by atoms with Crippen LogP contribution in [-0.2, 0) is 12.8 Å². The maximum Gasteiger partial charge on any atom is 0.339 e. The van der Waals surface area contributed by atoms with Crippen LogP contribution in [0.4, 0.5) is 0 Å². The number of furan rings is 2. The topological polar surface area (TPSA) is 92.7 Å². The van der Waals surface area contributed by atoms with Gasteiger partial charge in [0.15, 0.2) is 5.76 Å². The van der Waals surface area contributed by atoms with Crippen LogP contribution in [0.15, 0.2) is 33.3 Å². The summed E-state index contributed by atoms with van der Waals surface area (Å²) in [5.41, 5.74) is 0.0312. The van der Waals surface area contributed by atoms with E-state index in [9.17, 15) is 9.59 Å². The highest BCUT2D eigenvalue weighted by atomic mass is 16.4. The summed E-state index contributed by atoms with van der Waals surface area (Å²) in [7, 11) is 0. The second-order valence-corrected chi connectivity index (χ2v) is 4.19. The molecule has 0 aromatic carbocycles. The summed E-state index contributed by atoms with van der Waals surface area (Å²) >= 11 is 0. The highest BCUT2D eigenvalue weighted by Crippen LogP contribution is 2.16. The third-order valence-corrected chi connectivity index (χ3v) is 2.82. The molecule has 0 atom stereocenters. The van der Waals surface area contributed by atoms with E-state index in [1.165, 1.54) is 6.07 Å². The van der Waals surface area contributed by atoms with Crippen molar-refractivity contribution >= 4 is 11.9 Å². The number of carboxylic acids is 1. The van der Waals surface area contributed by atoms with Crippen molar-refractivity contribution in [3.8, 4) is 0 Å². The van der Waals surface area contributed by atoms with Gasteiger partial charge in [0.2, 0.25) is 0 Å². The summed E-state index contributed by atoms with van der Waals surface area (Å²) in [6, 6.07) is 4.84. The maximum absolute atomic E-state index is 11.8. The van der Waals surface area contributed by atoms with Crippen LogP contribution in [-0.4, -0.2) is 23.5 Å². The van der Waals surface area contributed by atoms with Crippen molar-refractivity contribution in [1.82, 2.24) is 5.32 Å². The first-order valence-electron chi connectivity index (χ1n) is 6.28. The number of aromatic carboxylic acids is 1. The Morgan fingerprint density at radius 1 is 1.40 bits per heavy atom. The Bertz CT molecular complexity index is 597.